The van der Waals surface area contributed by atoms with Crippen molar-refractivity contribution < 1.29 is 0 Å². The number of benzene rings is 1. The minimum absolute atomic E-state index is 0.944. The van der Waals surface area contributed by atoms with Crippen LogP contribution in [0.25, 0.3) is 0 Å². The molecule has 1 aromatic rings. The Balaban J connectivity index is 2.46. The van der Waals surface area contributed by atoms with Crippen molar-refractivity contribution in [1.29, 1.82) is 0 Å². The fourth-order valence-electron chi connectivity index (χ4n) is 1.15. The summed E-state index contributed by atoms with van der Waals surface area (Å²) < 4.78 is 0. The number of hydrogen-bond donors (Lipinski definition) is 1. The van der Waals surface area contributed by atoms with Crippen LogP contribution < -0.4 is 5.32 Å². The largest absolute Gasteiger partial charge is 0.316 e. The van der Waals surface area contributed by atoms with Crippen LogP contribution in [0.1, 0.15) is 12.5 Å². The van der Waals surface area contributed by atoms with E-state index in [1.807, 2.05) is 18.8 Å². The molecule has 0 unspecified atom stereocenters. The molecule has 76 valence electrons. The molecule has 0 saturated carbocycles. The van der Waals surface area contributed by atoms with Crippen molar-refractivity contribution in [3.8, 4) is 0 Å². The Kier molecular flexibility index (Phi) is 5.42. The highest BCUT2D eigenvalue weighted by atomic mass is 32.2. The first-order valence-electron chi connectivity index (χ1n) is 4.84. The quantitative estimate of drug-likeness (QED) is 0.588. The molecule has 0 aliphatic rings. The Hall–Kier alpha value is -0.730. The first-order chi connectivity index (χ1) is 6.86. The summed E-state index contributed by atoms with van der Waals surface area (Å²) in [6, 6.07) is 8.71. The van der Waals surface area contributed by atoms with Crippen LogP contribution in [0.2, 0.25) is 0 Å². The fraction of sp³-hybridized carbons (Fsp3) is 0.333. The Labute approximate surface area is 90.6 Å². The summed E-state index contributed by atoms with van der Waals surface area (Å²) in [6.07, 6.45) is 4.26. The zero-order valence-corrected chi connectivity index (χ0v) is 9.60. The van der Waals surface area contributed by atoms with Gasteiger partial charge in [-0.1, -0.05) is 24.3 Å². The van der Waals surface area contributed by atoms with Gasteiger partial charge < -0.3 is 5.32 Å². The summed E-state index contributed by atoms with van der Waals surface area (Å²) in [6.45, 7) is 3.00. The van der Waals surface area contributed by atoms with Gasteiger partial charge in [0.1, 0.15) is 0 Å². The molecule has 0 aliphatic carbocycles. The zero-order chi connectivity index (χ0) is 10.2. The van der Waals surface area contributed by atoms with E-state index in [2.05, 4.69) is 48.7 Å². The standard InChI is InChI=1S/C12H17NS/c1-3-4-9-14-12-7-5-11(6-8-12)10-13-2/h3-8,13H,9-10H2,1-2H3/b4-3+. The van der Waals surface area contributed by atoms with Crippen molar-refractivity contribution >= 4 is 11.8 Å². The van der Waals surface area contributed by atoms with E-state index in [1.54, 1.807) is 0 Å². The van der Waals surface area contributed by atoms with Gasteiger partial charge in [-0.15, -0.1) is 11.8 Å². The van der Waals surface area contributed by atoms with Crippen molar-refractivity contribution in [1.82, 2.24) is 5.32 Å². The van der Waals surface area contributed by atoms with E-state index in [9.17, 15) is 0 Å². The molecule has 1 nitrogen and oxygen atoms in total. The van der Waals surface area contributed by atoms with Crippen LogP contribution in [-0.2, 0) is 6.54 Å². The topological polar surface area (TPSA) is 12.0 Å². The molecule has 1 aromatic carbocycles. The number of hydrogen-bond acceptors (Lipinski definition) is 2. The summed E-state index contributed by atoms with van der Waals surface area (Å²) in [4.78, 5) is 1.34. The third-order valence-corrected chi connectivity index (χ3v) is 2.85. The lowest BCUT2D eigenvalue weighted by Gasteiger charge is -2.01. The van der Waals surface area contributed by atoms with Crippen molar-refractivity contribution in [2.24, 2.45) is 0 Å². The average Bonchev–Trinajstić information content (AvgIpc) is 2.21. The summed E-state index contributed by atoms with van der Waals surface area (Å²) in [5, 5.41) is 3.14. The van der Waals surface area contributed by atoms with Gasteiger partial charge in [0.2, 0.25) is 0 Å². The second-order valence-corrected chi connectivity index (χ2v) is 4.15. The molecular formula is C12H17NS. The smallest absolute Gasteiger partial charge is 0.0202 e. The third-order valence-electron chi connectivity index (χ3n) is 1.89. The molecule has 0 radical (unpaired) electrons. The Bertz CT molecular complexity index is 277. The molecule has 0 atom stereocenters. The lowest BCUT2D eigenvalue weighted by atomic mass is 10.2. The van der Waals surface area contributed by atoms with Crippen LogP contribution in [0, 0.1) is 0 Å². The van der Waals surface area contributed by atoms with Gasteiger partial charge in [-0.2, -0.15) is 0 Å². The SMILES string of the molecule is C/C=C/CSc1ccc(CNC)cc1. The van der Waals surface area contributed by atoms with E-state index in [1.165, 1.54) is 10.5 Å². The lowest BCUT2D eigenvalue weighted by Crippen LogP contribution is -2.04. The van der Waals surface area contributed by atoms with Crippen molar-refractivity contribution in [2.75, 3.05) is 12.8 Å². The van der Waals surface area contributed by atoms with E-state index in [4.69, 9.17) is 0 Å². The van der Waals surface area contributed by atoms with Gasteiger partial charge in [0.05, 0.1) is 0 Å². The molecule has 0 amide bonds. The second kappa shape index (κ2) is 6.68. The van der Waals surface area contributed by atoms with Gasteiger partial charge in [0.25, 0.3) is 0 Å². The highest BCUT2D eigenvalue weighted by molar-refractivity contribution is 7.99. The lowest BCUT2D eigenvalue weighted by molar-refractivity contribution is 0.817. The van der Waals surface area contributed by atoms with Gasteiger partial charge in [0, 0.05) is 17.2 Å². The van der Waals surface area contributed by atoms with Crippen molar-refractivity contribution in [3.63, 3.8) is 0 Å². The van der Waals surface area contributed by atoms with Crippen LogP contribution in [0.4, 0.5) is 0 Å². The van der Waals surface area contributed by atoms with Crippen molar-refractivity contribution in [3.05, 3.63) is 42.0 Å². The van der Waals surface area contributed by atoms with Crippen LogP contribution in [0.3, 0.4) is 0 Å². The van der Waals surface area contributed by atoms with Crippen molar-refractivity contribution in [2.45, 2.75) is 18.4 Å². The number of thioether (sulfide) groups is 1. The maximum atomic E-state index is 3.14. The molecule has 0 bridgehead atoms. The second-order valence-electron chi connectivity index (χ2n) is 3.05. The zero-order valence-electron chi connectivity index (χ0n) is 8.79. The van der Waals surface area contributed by atoms with E-state index < -0.39 is 0 Å². The first-order valence-corrected chi connectivity index (χ1v) is 5.83. The predicted molar refractivity (Wildman–Crippen MR) is 64.7 cm³/mol. The van der Waals surface area contributed by atoms with Gasteiger partial charge in [-0.25, -0.2) is 0 Å². The predicted octanol–water partition coefficient (Wildman–Crippen LogP) is 3.07. The Morgan fingerprint density at radius 3 is 2.57 bits per heavy atom. The molecule has 0 saturated heterocycles. The summed E-state index contributed by atoms with van der Waals surface area (Å²) in [5.74, 6) is 1.06. The fourth-order valence-corrected chi connectivity index (χ4v) is 1.96. The van der Waals surface area contributed by atoms with E-state index in [-0.39, 0.29) is 0 Å². The maximum absolute atomic E-state index is 3.14. The van der Waals surface area contributed by atoms with Crippen LogP contribution in [0.5, 0.6) is 0 Å². The molecular weight excluding hydrogens is 190 g/mol. The molecule has 2 heteroatoms. The van der Waals surface area contributed by atoms with Gasteiger partial charge in [-0.05, 0) is 31.7 Å². The highest BCUT2D eigenvalue weighted by Crippen LogP contribution is 2.18. The van der Waals surface area contributed by atoms with Crippen LogP contribution in [0.15, 0.2) is 41.3 Å². The first kappa shape index (κ1) is 11.3. The molecule has 0 aliphatic heterocycles. The van der Waals surface area contributed by atoms with Crippen LogP contribution >= 0.6 is 11.8 Å². The van der Waals surface area contributed by atoms with Crippen LogP contribution in [-0.4, -0.2) is 12.8 Å². The third kappa shape index (κ3) is 3.99. The van der Waals surface area contributed by atoms with Gasteiger partial charge in [-0.3, -0.25) is 0 Å². The maximum Gasteiger partial charge on any atom is 0.0202 e. The number of rotatable bonds is 5. The molecule has 1 N–H and O–H groups in total. The van der Waals surface area contributed by atoms with E-state index >= 15 is 0 Å². The molecule has 0 spiro atoms. The van der Waals surface area contributed by atoms with E-state index in [0.717, 1.165) is 12.3 Å². The Morgan fingerprint density at radius 2 is 2.00 bits per heavy atom. The van der Waals surface area contributed by atoms with Gasteiger partial charge >= 0.3 is 0 Å². The molecule has 0 heterocycles. The Morgan fingerprint density at radius 1 is 1.29 bits per heavy atom. The summed E-state index contributed by atoms with van der Waals surface area (Å²) in [7, 11) is 1.97. The average molecular weight is 207 g/mol. The molecule has 14 heavy (non-hydrogen) atoms. The highest BCUT2D eigenvalue weighted by Gasteiger charge is 1.93. The molecule has 0 aromatic heterocycles. The van der Waals surface area contributed by atoms with Gasteiger partial charge in [0.15, 0.2) is 0 Å². The number of nitrogens with one attached hydrogen (secondary N) is 1. The minimum Gasteiger partial charge on any atom is -0.316 e. The molecule has 1 rings (SSSR count). The summed E-state index contributed by atoms with van der Waals surface area (Å²) in [5.41, 5.74) is 1.34. The number of allylic oxidation sites excluding steroid dienone is 1. The normalized spacial score (nSPS) is 11.0. The van der Waals surface area contributed by atoms with E-state index in [0.29, 0.717) is 0 Å². The minimum atomic E-state index is 0.944. The monoisotopic (exact) mass is 207 g/mol. The summed E-state index contributed by atoms with van der Waals surface area (Å²) >= 11 is 1.86. The molecule has 0 fully saturated rings.